The van der Waals surface area contributed by atoms with E-state index in [4.69, 9.17) is 9.47 Å². The first-order chi connectivity index (χ1) is 11.7. The molecule has 0 unspecified atom stereocenters. The molecule has 128 valence electrons. The number of rotatable bonds is 6. The maximum atomic E-state index is 12.6. The molecule has 1 aromatic heterocycles. The molecule has 1 atom stereocenters. The van der Waals surface area contributed by atoms with Crippen molar-refractivity contribution in [3.05, 3.63) is 47.8 Å². The van der Waals surface area contributed by atoms with Crippen LogP contribution < -0.4 is 4.74 Å². The fourth-order valence-electron chi connectivity index (χ4n) is 2.97. The molecule has 3 rings (SSSR count). The van der Waals surface area contributed by atoms with Crippen LogP contribution in [-0.4, -0.2) is 47.0 Å². The van der Waals surface area contributed by atoms with Gasteiger partial charge in [-0.05, 0) is 19.1 Å². The van der Waals surface area contributed by atoms with Crippen LogP contribution in [0.3, 0.4) is 0 Å². The highest BCUT2D eigenvalue weighted by Crippen LogP contribution is 2.28. The van der Waals surface area contributed by atoms with Gasteiger partial charge in [-0.3, -0.25) is 9.48 Å². The van der Waals surface area contributed by atoms with Gasteiger partial charge < -0.3 is 14.4 Å². The Balaban J connectivity index is 1.67. The predicted molar refractivity (Wildman–Crippen MR) is 89.8 cm³/mol. The third kappa shape index (κ3) is 3.59. The van der Waals surface area contributed by atoms with Crippen molar-refractivity contribution in [3.8, 4) is 5.75 Å². The quantitative estimate of drug-likeness (QED) is 0.813. The van der Waals surface area contributed by atoms with Crippen LogP contribution in [0.5, 0.6) is 5.75 Å². The standard InChI is InChI=1S/C18H23N3O3/c1-3-23-12-14-10-21(11-17-16(14)9-19-20(17)2)18(22)13-24-15-7-5-4-6-8-15/h4-9,14H,3,10-13H2,1-2H3/t14-/m0/s1. The highest BCUT2D eigenvalue weighted by Gasteiger charge is 2.30. The van der Waals surface area contributed by atoms with E-state index in [1.165, 1.54) is 5.56 Å². The summed E-state index contributed by atoms with van der Waals surface area (Å²) in [6.45, 7) is 4.47. The van der Waals surface area contributed by atoms with Crippen LogP contribution in [0, 0.1) is 0 Å². The Labute approximate surface area is 142 Å². The van der Waals surface area contributed by atoms with Crippen molar-refractivity contribution in [1.82, 2.24) is 14.7 Å². The van der Waals surface area contributed by atoms with E-state index in [0.29, 0.717) is 32.1 Å². The normalized spacial score (nSPS) is 16.8. The second-order valence-corrected chi connectivity index (χ2v) is 5.90. The van der Waals surface area contributed by atoms with Crippen molar-refractivity contribution in [2.75, 3.05) is 26.4 Å². The molecule has 0 N–H and O–H groups in total. The van der Waals surface area contributed by atoms with Crippen molar-refractivity contribution in [3.63, 3.8) is 0 Å². The van der Waals surface area contributed by atoms with Gasteiger partial charge in [0.05, 0.1) is 25.0 Å². The molecule has 0 saturated heterocycles. The molecule has 1 aromatic carbocycles. The van der Waals surface area contributed by atoms with Crippen LogP contribution in [0.1, 0.15) is 24.1 Å². The van der Waals surface area contributed by atoms with Gasteiger partial charge in [0.2, 0.25) is 0 Å². The zero-order valence-corrected chi connectivity index (χ0v) is 14.1. The summed E-state index contributed by atoms with van der Waals surface area (Å²) in [6, 6.07) is 9.39. The first-order valence-corrected chi connectivity index (χ1v) is 8.23. The topological polar surface area (TPSA) is 56.6 Å². The van der Waals surface area contributed by atoms with Gasteiger partial charge in [-0.25, -0.2) is 0 Å². The Morgan fingerprint density at radius 3 is 2.88 bits per heavy atom. The van der Waals surface area contributed by atoms with Crippen LogP contribution in [0.2, 0.25) is 0 Å². The fraction of sp³-hybridized carbons (Fsp3) is 0.444. The fourth-order valence-corrected chi connectivity index (χ4v) is 2.97. The molecule has 0 radical (unpaired) electrons. The van der Waals surface area contributed by atoms with Crippen LogP contribution in [0.25, 0.3) is 0 Å². The lowest BCUT2D eigenvalue weighted by Crippen LogP contribution is -2.42. The number of carbonyl (C=O) groups excluding carboxylic acids is 1. The Hall–Kier alpha value is -2.34. The van der Waals surface area contributed by atoms with E-state index in [9.17, 15) is 4.79 Å². The molecule has 2 heterocycles. The van der Waals surface area contributed by atoms with Crippen molar-refractivity contribution in [2.45, 2.75) is 19.4 Å². The number of nitrogens with zero attached hydrogens (tertiary/aromatic N) is 3. The average Bonchev–Trinajstić information content (AvgIpc) is 2.99. The molecular formula is C18H23N3O3. The lowest BCUT2D eigenvalue weighted by molar-refractivity contribution is -0.135. The summed E-state index contributed by atoms with van der Waals surface area (Å²) in [5, 5.41) is 4.34. The SMILES string of the molecule is CCOC[C@@H]1CN(C(=O)COc2ccccc2)Cc2c1cnn2C. The van der Waals surface area contributed by atoms with Crippen molar-refractivity contribution >= 4 is 5.91 Å². The Kier molecular flexibility index (Phi) is 5.15. The second-order valence-electron chi connectivity index (χ2n) is 5.90. The van der Waals surface area contributed by atoms with E-state index in [0.717, 1.165) is 5.69 Å². The smallest absolute Gasteiger partial charge is 0.260 e. The lowest BCUT2D eigenvalue weighted by Gasteiger charge is -2.32. The molecule has 24 heavy (non-hydrogen) atoms. The number of ether oxygens (including phenoxy) is 2. The zero-order chi connectivity index (χ0) is 16.9. The van der Waals surface area contributed by atoms with Gasteiger partial charge in [-0.15, -0.1) is 0 Å². The molecule has 6 heteroatoms. The maximum absolute atomic E-state index is 12.6. The average molecular weight is 329 g/mol. The highest BCUT2D eigenvalue weighted by atomic mass is 16.5. The molecule has 1 amide bonds. The lowest BCUT2D eigenvalue weighted by atomic mass is 9.95. The number of hydrogen-bond acceptors (Lipinski definition) is 4. The number of hydrogen-bond donors (Lipinski definition) is 0. The number of para-hydroxylation sites is 1. The van der Waals surface area contributed by atoms with E-state index in [1.807, 2.05) is 60.1 Å². The minimum atomic E-state index is -0.0211. The number of amides is 1. The third-order valence-electron chi connectivity index (χ3n) is 4.30. The zero-order valence-electron chi connectivity index (χ0n) is 14.1. The summed E-state index contributed by atoms with van der Waals surface area (Å²) in [7, 11) is 1.91. The van der Waals surface area contributed by atoms with Gasteiger partial charge >= 0.3 is 0 Å². The Morgan fingerprint density at radius 1 is 1.33 bits per heavy atom. The molecule has 6 nitrogen and oxygen atoms in total. The minimum Gasteiger partial charge on any atom is -0.484 e. The molecule has 1 aliphatic rings. The van der Waals surface area contributed by atoms with Gasteiger partial charge in [-0.2, -0.15) is 5.10 Å². The monoisotopic (exact) mass is 329 g/mol. The van der Waals surface area contributed by atoms with Gasteiger partial charge in [0.25, 0.3) is 5.91 Å². The number of aryl methyl sites for hydroxylation is 1. The second kappa shape index (κ2) is 7.49. The minimum absolute atomic E-state index is 0.0211. The van der Waals surface area contributed by atoms with Gasteiger partial charge in [0.15, 0.2) is 6.61 Å². The van der Waals surface area contributed by atoms with Crippen LogP contribution >= 0.6 is 0 Å². The Bertz CT molecular complexity index is 684. The molecule has 0 saturated carbocycles. The van der Waals surface area contributed by atoms with Crippen molar-refractivity contribution in [1.29, 1.82) is 0 Å². The molecule has 2 aromatic rings. The summed E-state index contributed by atoms with van der Waals surface area (Å²) < 4.78 is 13.0. The molecular weight excluding hydrogens is 306 g/mol. The largest absolute Gasteiger partial charge is 0.484 e. The summed E-state index contributed by atoms with van der Waals surface area (Å²) in [5.74, 6) is 0.838. The predicted octanol–water partition coefficient (Wildman–Crippen LogP) is 1.96. The van der Waals surface area contributed by atoms with E-state index >= 15 is 0 Å². The van der Waals surface area contributed by atoms with E-state index in [-0.39, 0.29) is 18.4 Å². The van der Waals surface area contributed by atoms with E-state index in [1.54, 1.807) is 0 Å². The summed E-state index contributed by atoms with van der Waals surface area (Å²) >= 11 is 0. The highest BCUT2D eigenvalue weighted by molar-refractivity contribution is 5.78. The van der Waals surface area contributed by atoms with E-state index < -0.39 is 0 Å². The van der Waals surface area contributed by atoms with Gasteiger partial charge in [0.1, 0.15) is 5.75 Å². The number of benzene rings is 1. The first kappa shape index (κ1) is 16.5. The summed E-state index contributed by atoms with van der Waals surface area (Å²) in [4.78, 5) is 14.4. The summed E-state index contributed by atoms with van der Waals surface area (Å²) in [5.41, 5.74) is 2.25. The summed E-state index contributed by atoms with van der Waals surface area (Å²) in [6.07, 6.45) is 1.89. The Morgan fingerprint density at radius 2 is 2.12 bits per heavy atom. The number of carbonyl (C=O) groups is 1. The molecule has 1 aliphatic heterocycles. The van der Waals surface area contributed by atoms with Crippen molar-refractivity contribution in [2.24, 2.45) is 7.05 Å². The molecule has 0 aliphatic carbocycles. The maximum Gasteiger partial charge on any atom is 0.260 e. The van der Waals surface area contributed by atoms with E-state index in [2.05, 4.69) is 5.10 Å². The van der Waals surface area contributed by atoms with Crippen LogP contribution in [0.4, 0.5) is 0 Å². The number of aromatic nitrogens is 2. The first-order valence-electron chi connectivity index (χ1n) is 8.23. The molecule has 0 bridgehead atoms. The molecule has 0 fully saturated rings. The van der Waals surface area contributed by atoms with Crippen LogP contribution in [-0.2, 0) is 23.1 Å². The van der Waals surface area contributed by atoms with Gasteiger partial charge in [0, 0.05) is 31.7 Å². The van der Waals surface area contributed by atoms with Crippen LogP contribution in [0.15, 0.2) is 36.5 Å². The van der Waals surface area contributed by atoms with Gasteiger partial charge in [-0.1, -0.05) is 18.2 Å². The van der Waals surface area contributed by atoms with Crippen molar-refractivity contribution < 1.29 is 14.3 Å². The number of fused-ring (bicyclic) bond motifs is 1. The third-order valence-corrected chi connectivity index (χ3v) is 4.30. The molecule has 0 spiro atoms.